The van der Waals surface area contributed by atoms with Crippen LogP contribution in [0.4, 0.5) is 5.82 Å². The van der Waals surface area contributed by atoms with Crippen molar-refractivity contribution >= 4 is 29.5 Å². The average molecular weight is 998 g/mol. The van der Waals surface area contributed by atoms with E-state index in [1.165, 1.54) is 0 Å². The zero-order valence-electron chi connectivity index (χ0n) is 41.7. The number of aliphatic hydroxyl groups excluding tert-OH is 3. The zero-order chi connectivity index (χ0) is 51.1. The van der Waals surface area contributed by atoms with Gasteiger partial charge in [-0.1, -0.05) is 72.8 Å². The lowest BCUT2D eigenvalue weighted by atomic mass is 9.65. The highest BCUT2D eigenvalue weighted by atomic mass is 16.5. The fraction of sp³-hybridized carbons (Fsp3) is 0.387. The summed E-state index contributed by atoms with van der Waals surface area (Å²) in [4.78, 5) is 37.7. The highest BCUT2D eigenvalue weighted by molar-refractivity contribution is 6.05. The van der Waals surface area contributed by atoms with Crippen molar-refractivity contribution in [2.45, 2.75) is 132 Å². The molecule has 1 fully saturated rings. The quantitative estimate of drug-likeness (QED) is 0.0594. The van der Waals surface area contributed by atoms with Crippen molar-refractivity contribution in [1.82, 2.24) is 9.97 Å². The van der Waals surface area contributed by atoms with Crippen molar-refractivity contribution in [2.24, 2.45) is 11.8 Å². The summed E-state index contributed by atoms with van der Waals surface area (Å²) in [7, 11) is 0. The predicted octanol–water partition coefficient (Wildman–Crippen LogP) is 9.67. The van der Waals surface area contributed by atoms with Crippen LogP contribution in [-0.2, 0) is 35.3 Å². The fourth-order valence-corrected chi connectivity index (χ4v) is 13.0. The molecule has 4 aliphatic carbocycles. The van der Waals surface area contributed by atoms with Gasteiger partial charge in [0.2, 0.25) is 0 Å². The van der Waals surface area contributed by atoms with Crippen LogP contribution in [-0.4, -0.2) is 82.6 Å². The molecule has 9 N–H and O–H groups in total. The molecule has 0 spiro atoms. The molecule has 74 heavy (non-hydrogen) atoms. The molecule has 1 aliphatic heterocycles. The topological polar surface area (TPSA) is 208 Å². The van der Waals surface area contributed by atoms with E-state index in [4.69, 9.17) is 4.74 Å². The summed E-state index contributed by atoms with van der Waals surface area (Å²) < 4.78 is 6.48. The van der Waals surface area contributed by atoms with Crippen LogP contribution in [0.1, 0.15) is 143 Å². The molecule has 0 amide bonds. The number of ether oxygens (including phenoxy) is 1. The summed E-state index contributed by atoms with van der Waals surface area (Å²) in [5.41, 5.74) is 7.87. The molecule has 11 rings (SSSR count). The Balaban J connectivity index is 1.05. The van der Waals surface area contributed by atoms with Crippen molar-refractivity contribution in [1.29, 1.82) is 0 Å². The molecule has 6 bridgehead atoms. The molecule has 12 nitrogen and oxygen atoms in total. The number of benzene rings is 4. The molecule has 2 aromatic heterocycles. The average Bonchev–Trinajstić information content (AvgIpc) is 4.17. The molecule has 3 heterocycles. The Morgan fingerprint density at radius 3 is 2.43 bits per heavy atom. The maximum absolute atomic E-state index is 16.0. The van der Waals surface area contributed by atoms with E-state index in [1.54, 1.807) is 36.4 Å². The number of Topliss-reactive ketones (excluding diaryl/α,β-unsaturated/α-hetero) is 2. The Labute approximate surface area is 431 Å². The molecule has 0 radical (unpaired) electrons. The van der Waals surface area contributed by atoms with Crippen LogP contribution in [0.3, 0.4) is 0 Å². The van der Waals surface area contributed by atoms with Crippen LogP contribution in [0, 0.1) is 11.8 Å². The van der Waals surface area contributed by atoms with Crippen molar-refractivity contribution in [3.63, 3.8) is 0 Å². The van der Waals surface area contributed by atoms with E-state index in [2.05, 4.69) is 21.4 Å². The van der Waals surface area contributed by atoms with E-state index in [-0.39, 0.29) is 72.1 Å². The summed E-state index contributed by atoms with van der Waals surface area (Å²) in [5, 5.41) is 74.4. The number of phenols is 2. The minimum atomic E-state index is -1.41. The lowest BCUT2D eigenvalue weighted by Gasteiger charge is -2.40. The molecular formula is C62H67N3O9. The molecule has 4 aromatic carbocycles. The molecule has 6 aromatic rings. The van der Waals surface area contributed by atoms with Crippen molar-refractivity contribution in [2.75, 3.05) is 11.9 Å². The second kappa shape index (κ2) is 20.9. The zero-order valence-corrected chi connectivity index (χ0v) is 41.7. The number of aromatic nitrogens is 2. The number of rotatable bonds is 10. The number of phenolic OH excluding ortho intramolecular Hbond substituents is 2. The summed E-state index contributed by atoms with van der Waals surface area (Å²) in [5.74, 6) is -2.63. The van der Waals surface area contributed by atoms with Crippen LogP contribution >= 0.6 is 0 Å². The number of fused-ring (bicyclic) bond motifs is 14. The smallest absolute Gasteiger partial charge is 0.163 e. The van der Waals surface area contributed by atoms with Crippen molar-refractivity contribution in [3.05, 3.63) is 176 Å². The van der Waals surface area contributed by atoms with E-state index in [0.717, 1.165) is 76.1 Å². The van der Waals surface area contributed by atoms with Crippen LogP contribution in [0.5, 0.6) is 17.2 Å². The summed E-state index contributed by atoms with van der Waals surface area (Å²) in [6.07, 6.45) is 13.8. The minimum Gasteiger partial charge on any atom is -0.507 e. The van der Waals surface area contributed by atoms with Gasteiger partial charge in [0.05, 0.1) is 23.7 Å². The normalized spacial score (nSPS) is 25.3. The highest BCUT2D eigenvalue weighted by Gasteiger charge is 2.47. The summed E-state index contributed by atoms with van der Waals surface area (Å²) in [6.45, 7) is -0.396. The number of hydrogen-bond acceptors (Lipinski definition) is 10. The molecule has 384 valence electrons. The molecule has 5 aliphatic rings. The van der Waals surface area contributed by atoms with Gasteiger partial charge >= 0.3 is 0 Å². The molecule has 8 atom stereocenters. The number of aromatic amines is 2. The van der Waals surface area contributed by atoms with Gasteiger partial charge in [0.15, 0.2) is 17.3 Å². The van der Waals surface area contributed by atoms with Gasteiger partial charge in [-0.25, -0.2) is 0 Å². The number of carbonyl (C=O) groups excluding carboxylic acids is 2. The SMILES string of the molecule is O=C1CCc2cc(OC3CCCC3)c(O)c(c2)[C@H](O)c2ccc(C[C@H](O)Cc3ccccc3)c(c2)[C@@H]2CC[C@@H](Nc3[nH]ccc32)C2=Cc3[nH]ccc3[C@@H](C[C@@]3(O)C=Cc4c(O)cccc4CC3)[C@@H]2C(=O)[C@H]1CCO. The fourth-order valence-electron chi connectivity index (χ4n) is 13.0. The van der Waals surface area contributed by atoms with Crippen LogP contribution in [0.25, 0.3) is 12.2 Å². The van der Waals surface area contributed by atoms with Gasteiger partial charge in [-0.05, 0) is 164 Å². The number of carbonyl (C=O) groups is 2. The van der Waals surface area contributed by atoms with Gasteiger partial charge < -0.3 is 50.7 Å². The van der Waals surface area contributed by atoms with E-state index in [9.17, 15) is 35.4 Å². The van der Waals surface area contributed by atoms with Gasteiger partial charge in [-0.2, -0.15) is 0 Å². The number of ketones is 2. The molecular weight excluding hydrogens is 931 g/mol. The molecule has 12 heteroatoms. The monoisotopic (exact) mass is 997 g/mol. The first kappa shape index (κ1) is 49.5. The molecule has 1 saturated carbocycles. The first-order valence-electron chi connectivity index (χ1n) is 26.7. The predicted molar refractivity (Wildman–Crippen MR) is 284 cm³/mol. The van der Waals surface area contributed by atoms with Gasteiger partial charge in [0.1, 0.15) is 23.5 Å². The first-order chi connectivity index (χ1) is 35.9. The molecule has 0 saturated heterocycles. The van der Waals surface area contributed by atoms with Gasteiger partial charge in [0, 0.05) is 71.6 Å². The highest BCUT2D eigenvalue weighted by Crippen LogP contribution is 2.51. The minimum absolute atomic E-state index is 0.0564. The largest absolute Gasteiger partial charge is 0.507 e. The number of anilines is 1. The maximum Gasteiger partial charge on any atom is 0.163 e. The van der Waals surface area contributed by atoms with Crippen LogP contribution in [0.2, 0.25) is 0 Å². The van der Waals surface area contributed by atoms with Crippen LogP contribution < -0.4 is 10.1 Å². The number of hydrogen-bond donors (Lipinski definition) is 9. The van der Waals surface area contributed by atoms with Crippen molar-refractivity contribution in [3.8, 4) is 17.2 Å². The lowest BCUT2D eigenvalue weighted by molar-refractivity contribution is -0.136. The molecule has 0 unspecified atom stereocenters. The third-order valence-electron chi connectivity index (χ3n) is 16.8. The number of aliphatic hydroxyl groups is 4. The number of aryl methyl sites for hydroxylation is 2. The van der Waals surface area contributed by atoms with Crippen molar-refractivity contribution < 1.29 is 45.0 Å². The van der Waals surface area contributed by atoms with Gasteiger partial charge in [0.25, 0.3) is 0 Å². The van der Waals surface area contributed by atoms with Crippen LogP contribution in [0.15, 0.2) is 115 Å². The van der Waals surface area contributed by atoms with E-state index in [1.807, 2.05) is 79.1 Å². The van der Waals surface area contributed by atoms with Gasteiger partial charge in [-0.3, -0.25) is 9.59 Å². The van der Waals surface area contributed by atoms with E-state index >= 15 is 4.79 Å². The summed E-state index contributed by atoms with van der Waals surface area (Å²) in [6, 6.07) is 28.2. The number of H-pyrrole nitrogens is 2. The number of nitrogens with one attached hydrogen (secondary N) is 3. The first-order valence-corrected chi connectivity index (χ1v) is 26.7. The Morgan fingerprint density at radius 2 is 1.61 bits per heavy atom. The maximum atomic E-state index is 16.0. The van der Waals surface area contributed by atoms with Gasteiger partial charge in [-0.15, -0.1) is 0 Å². The standard InChI is InChI=1S/C62H67N3O9/c66-28-23-47-55(69)18-13-37-30-50(59(71)56(31-37)74-42-10-4-5-11-42)58(70)40-15-14-39(32-41(67)29-36-7-2-1-3-8-36)48(33-40)44-16-17-52(65-61-46(44)22-27-64-61)49-34-53-45(21-26-63-53)51(57(49)60(47)72)35-62(73)24-19-38-9-6-12-54(68)43(38)20-25-62/h1-3,6-9,12,14-15,20-22,25-27,30-31,33-34,41-42,44,47,51-52,57-58,63-68,70-71,73H,4-5,10-11,13,16-19,23-24,28-29,32,35H2/t41-,44-,47+,51-,52-,57-,58-,62+/m1/s1. The lowest BCUT2D eigenvalue weighted by Crippen LogP contribution is -2.43. The Bertz CT molecular complexity index is 3090. The number of aromatic hydroxyl groups is 2. The Hall–Kier alpha value is -6.70. The second-order valence-electron chi connectivity index (χ2n) is 21.6. The Morgan fingerprint density at radius 1 is 0.797 bits per heavy atom. The summed E-state index contributed by atoms with van der Waals surface area (Å²) >= 11 is 0. The third kappa shape index (κ3) is 9.88. The Kier molecular flexibility index (Phi) is 14.0. The second-order valence-corrected chi connectivity index (χ2v) is 21.6. The van der Waals surface area contributed by atoms with E-state index < -0.39 is 48.2 Å². The third-order valence-corrected chi connectivity index (χ3v) is 16.8. The van der Waals surface area contributed by atoms with E-state index in [0.29, 0.717) is 55.2 Å².